The number of nitrogens with one attached hydrogen (secondary N) is 1. The predicted molar refractivity (Wildman–Crippen MR) is 120 cm³/mol. The summed E-state index contributed by atoms with van der Waals surface area (Å²) in [5, 5.41) is 3.58. The maximum atomic E-state index is 14.3. The van der Waals surface area contributed by atoms with Crippen LogP contribution in [-0.4, -0.2) is 60.1 Å². The molecule has 9 heteroatoms. The van der Waals surface area contributed by atoms with Gasteiger partial charge in [-0.2, -0.15) is 0 Å². The van der Waals surface area contributed by atoms with E-state index in [0.29, 0.717) is 54.2 Å². The van der Waals surface area contributed by atoms with E-state index in [1.807, 2.05) is 22.7 Å². The Morgan fingerprint density at radius 3 is 2.94 bits per heavy atom. The van der Waals surface area contributed by atoms with Gasteiger partial charge in [-0.1, -0.05) is 6.07 Å². The summed E-state index contributed by atoms with van der Waals surface area (Å²) < 4.78 is 47.0. The summed E-state index contributed by atoms with van der Waals surface area (Å²) in [4.78, 5) is 9.21. The molecule has 0 aliphatic carbocycles. The lowest BCUT2D eigenvalue weighted by atomic mass is 10.1. The van der Waals surface area contributed by atoms with Gasteiger partial charge >= 0.3 is 0 Å². The lowest BCUT2D eigenvalue weighted by Crippen LogP contribution is -2.44. The van der Waals surface area contributed by atoms with Crippen molar-refractivity contribution in [3.8, 4) is 22.9 Å². The third kappa shape index (κ3) is 4.46. The first-order valence-corrected chi connectivity index (χ1v) is 10.8. The van der Waals surface area contributed by atoms with Crippen LogP contribution < -0.4 is 14.8 Å². The molecular weight excluding hydrogens is 430 g/mol. The van der Waals surface area contributed by atoms with E-state index in [9.17, 15) is 8.78 Å². The highest BCUT2D eigenvalue weighted by Crippen LogP contribution is 2.31. The molecule has 0 amide bonds. The summed E-state index contributed by atoms with van der Waals surface area (Å²) in [6, 6.07) is 9.93. The first-order chi connectivity index (χ1) is 16.1. The molecule has 0 spiro atoms. The van der Waals surface area contributed by atoms with Crippen molar-refractivity contribution in [1.82, 2.24) is 19.7 Å². The minimum Gasteiger partial charge on any atom is -0.491 e. The number of aromatic nitrogens is 3. The van der Waals surface area contributed by atoms with Gasteiger partial charge in [0.15, 0.2) is 0 Å². The van der Waals surface area contributed by atoms with Crippen molar-refractivity contribution in [2.24, 2.45) is 0 Å². The highest BCUT2D eigenvalue weighted by atomic mass is 19.1. The van der Waals surface area contributed by atoms with E-state index < -0.39 is 18.1 Å². The van der Waals surface area contributed by atoms with Gasteiger partial charge in [0, 0.05) is 37.4 Å². The molecule has 1 saturated heterocycles. The normalized spacial score (nSPS) is 18.6. The summed E-state index contributed by atoms with van der Waals surface area (Å²) in [6.07, 6.45) is 2.27. The van der Waals surface area contributed by atoms with Gasteiger partial charge in [0.2, 0.25) is 0 Å². The molecule has 7 nitrogen and oxygen atoms in total. The first-order valence-electron chi connectivity index (χ1n) is 10.8. The zero-order valence-corrected chi connectivity index (χ0v) is 18.1. The van der Waals surface area contributed by atoms with Crippen LogP contribution in [0.4, 0.5) is 8.78 Å². The Morgan fingerprint density at radius 1 is 1.18 bits per heavy atom. The zero-order chi connectivity index (χ0) is 22.8. The molecule has 0 bridgehead atoms. The van der Waals surface area contributed by atoms with Crippen molar-refractivity contribution < 1.29 is 23.0 Å². The SMILES string of the molecule is COCCOc1ccn2c(-c3ccc4cc(F)cc(O[C@H]5CCNC[C@H]5F)c4n3)cnc2c1. The Labute approximate surface area is 189 Å². The van der Waals surface area contributed by atoms with Crippen molar-refractivity contribution >= 4 is 16.6 Å². The lowest BCUT2D eigenvalue weighted by Gasteiger charge is -2.27. The molecule has 0 unspecified atom stereocenters. The van der Waals surface area contributed by atoms with Gasteiger partial charge in [0.05, 0.1) is 24.2 Å². The number of benzene rings is 1. The molecule has 4 aromatic rings. The molecule has 5 rings (SSSR count). The van der Waals surface area contributed by atoms with E-state index in [4.69, 9.17) is 19.2 Å². The second kappa shape index (κ2) is 9.29. The number of rotatable bonds is 7. The average Bonchev–Trinajstić information content (AvgIpc) is 3.24. The van der Waals surface area contributed by atoms with Crippen LogP contribution in [0.2, 0.25) is 0 Å². The highest BCUT2D eigenvalue weighted by Gasteiger charge is 2.27. The summed E-state index contributed by atoms with van der Waals surface area (Å²) in [7, 11) is 1.62. The number of piperidine rings is 1. The number of hydrogen-bond donors (Lipinski definition) is 1. The Morgan fingerprint density at radius 2 is 2.09 bits per heavy atom. The number of methoxy groups -OCH3 is 1. The van der Waals surface area contributed by atoms with E-state index >= 15 is 0 Å². The lowest BCUT2D eigenvalue weighted by molar-refractivity contribution is 0.0740. The second-order valence-corrected chi connectivity index (χ2v) is 7.91. The molecule has 33 heavy (non-hydrogen) atoms. The third-order valence-electron chi connectivity index (χ3n) is 5.65. The van der Waals surface area contributed by atoms with Crippen LogP contribution >= 0.6 is 0 Å². The quantitative estimate of drug-likeness (QED) is 0.429. The molecule has 1 aliphatic rings. The highest BCUT2D eigenvalue weighted by molar-refractivity contribution is 5.86. The van der Waals surface area contributed by atoms with Crippen LogP contribution in [0.1, 0.15) is 6.42 Å². The molecule has 1 fully saturated rings. The van der Waals surface area contributed by atoms with Gasteiger partial charge in [-0.3, -0.25) is 4.40 Å². The number of ether oxygens (including phenoxy) is 3. The number of pyridine rings is 2. The number of nitrogens with zero attached hydrogens (tertiary/aromatic N) is 3. The Bertz CT molecular complexity index is 1280. The molecule has 2 atom stereocenters. The monoisotopic (exact) mass is 454 g/mol. The van der Waals surface area contributed by atoms with E-state index in [0.717, 1.165) is 5.69 Å². The molecule has 172 valence electrons. The number of alkyl halides is 1. The van der Waals surface area contributed by atoms with Gasteiger partial charge in [0.25, 0.3) is 0 Å². The van der Waals surface area contributed by atoms with Crippen LogP contribution in [0, 0.1) is 5.82 Å². The minimum absolute atomic E-state index is 0.218. The largest absolute Gasteiger partial charge is 0.491 e. The molecular formula is C24H24F2N4O3. The number of fused-ring (bicyclic) bond motifs is 2. The van der Waals surface area contributed by atoms with Crippen LogP contribution in [0.3, 0.4) is 0 Å². The predicted octanol–water partition coefficient (Wildman–Crippen LogP) is 3.79. The van der Waals surface area contributed by atoms with E-state index in [2.05, 4.69) is 10.3 Å². The molecule has 1 aliphatic heterocycles. The zero-order valence-electron chi connectivity index (χ0n) is 18.1. The first kappa shape index (κ1) is 21.5. The molecule has 3 aromatic heterocycles. The fourth-order valence-electron chi connectivity index (χ4n) is 3.98. The van der Waals surface area contributed by atoms with Gasteiger partial charge in [-0.25, -0.2) is 18.7 Å². The summed E-state index contributed by atoms with van der Waals surface area (Å²) in [6.45, 7) is 1.81. The van der Waals surface area contributed by atoms with E-state index in [-0.39, 0.29) is 12.3 Å². The Kier molecular flexibility index (Phi) is 6.06. The van der Waals surface area contributed by atoms with Crippen molar-refractivity contribution in [2.75, 3.05) is 33.4 Å². The smallest absolute Gasteiger partial charge is 0.149 e. The van der Waals surface area contributed by atoms with Crippen molar-refractivity contribution in [3.63, 3.8) is 0 Å². The van der Waals surface area contributed by atoms with Gasteiger partial charge in [0.1, 0.15) is 47.4 Å². The van der Waals surface area contributed by atoms with Crippen molar-refractivity contribution in [2.45, 2.75) is 18.7 Å². The van der Waals surface area contributed by atoms with E-state index in [1.54, 1.807) is 25.4 Å². The number of halogens is 2. The topological polar surface area (TPSA) is 69.9 Å². The standard InChI is InChI=1S/C24H24F2N4O3/c1-31-8-9-32-17-5-7-30-20(14-28-23(30)12-17)19-3-2-15-10-16(25)11-22(24(15)29-19)33-21-4-6-27-13-18(21)26/h2-3,5,7,10-12,14,18,21,27H,4,6,8-9,13H2,1H3/t18-,21+/m1/s1. The third-order valence-corrected chi connectivity index (χ3v) is 5.65. The fraction of sp³-hybridized carbons (Fsp3) is 0.333. The maximum absolute atomic E-state index is 14.3. The number of hydrogen-bond acceptors (Lipinski definition) is 6. The average molecular weight is 454 g/mol. The Balaban J connectivity index is 1.50. The van der Waals surface area contributed by atoms with Crippen LogP contribution in [0.5, 0.6) is 11.5 Å². The molecule has 0 saturated carbocycles. The van der Waals surface area contributed by atoms with Crippen LogP contribution in [0.25, 0.3) is 27.9 Å². The van der Waals surface area contributed by atoms with Crippen molar-refractivity contribution in [3.05, 3.63) is 54.6 Å². The van der Waals surface area contributed by atoms with Gasteiger partial charge < -0.3 is 19.5 Å². The van der Waals surface area contributed by atoms with Gasteiger partial charge in [-0.15, -0.1) is 0 Å². The summed E-state index contributed by atoms with van der Waals surface area (Å²) in [5.74, 6) is 0.480. The second-order valence-electron chi connectivity index (χ2n) is 7.91. The van der Waals surface area contributed by atoms with Crippen LogP contribution in [-0.2, 0) is 4.74 Å². The molecule has 0 radical (unpaired) electrons. The minimum atomic E-state index is -1.17. The van der Waals surface area contributed by atoms with Crippen LogP contribution in [0.15, 0.2) is 48.8 Å². The molecule has 4 heterocycles. The Hall–Kier alpha value is -3.30. The summed E-state index contributed by atoms with van der Waals surface area (Å²) in [5.41, 5.74) is 2.58. The fourth-order valence-corrected chi connectivity index (χ4v) is 3.98. The maximum Gasteiger partial charge on any atom is 0.149 e. The van der Waals surface area contributed by atoms with E-state index in [1.165, 1.54) is 12.1 Å². The van der Waals surface area contributed by atoms with Crippen molar-refractivity contribution in [1.29, 1.82) is 0 Å². The van der Waals surface area contributed by atoms with Gasteiger partial charge in [-0.05, 0) is 31.2 Å². The number of imidazole rings is 1. The molecule has 1 aromatic carbocycles. The summed E-state index contributed by atoms with van der Waals surface area (Å²) >= 11 is 0. The molecule has 1 N–H and O–H groups in total.